The van der Waals surface area contributed by atoms with Gasteiger partial charge in [-0.25, -0.2) is 9.97 Å². The van der Waals surface area contributed by atoms with E-state index in [1.165, 1.54) is 18.2 Å². The number of anilines is 1. The highest BCUT2D eigenvalue weighted by Crippen LogP contribution is 2.35. The standard InChI is InChI=1S/C20H21F3N4O2/c1-12-9-13(2)25-19(24-12)27-14-7-8-15(27)11-26(10-14)18(28)16-5-3-4-6-17(16)29-20(21,22)23/h3-6,9,14-15H,7-8,10-11H2,1-2H3. The Bertz CT molecular complexity index is 900. The summed E-state index contributed by atoms with van der Waals surface area (Å²) in [4.78, 5) is 25.9. The summed E-state index contributed by atoms with van der Waals surface area (Å²) in [5.41, 5.74) is 1.67. The molecule has 0 aliphatic carbocycles. The van der Waals surface area contributed by atoms with Crippen LogP contribution < -0.4 is 9.64 Å². The maximum absolute atomic E-state index is 13.0. The minimum Gasteiger partial charge on any atom is -0.405 e. The van der Waals surface area contributed by atoms with Gasteiger partial charge in [-0.3, -0.25) is 4.79 Å². The topological polar surface area (TPSA) is 58.6 Å². The fourth-order valence-corrected chi connectivity index (χ4v) is 4.25. The molecule has 29 heavy (non-hydrogen) atoms. The summed E-state index contributed by atoms with van der Waals surface area (Å²) in [5.74, 6) is -0.275. The van der Waals surface area contributed by atoms with Crippen molar-refractivity contribution in [3.8, 4) is 5.75 Å². The van der Waals surface area contributed by atoms with Crippen molar-refractivity contribution in [2.45, 2.75) is 45.1 Å². The predicted octanol–water partition coefficient (Wildman–Crippen LogP) is 3.49. The first-order valence-electron chi connectivity index (χ1n) is 9.46. The van der Waals surface area contributed by atoms with Crippen molar-refractivity contribution >= 4 is 11.9 Å². The Kier molecular flexibility index (Phi) is 4.84. The van der Waals surface area contributed by atoms with Crippen LogP contribution in [0.3, 0.4) is 0 Å². The zero-order valence-electron chi connectivity index (χ0n) is 16.1. The van der Waals surface area contributed by atoms with Crippen LogP contribution >= 0.6 is 0 Å². The van der Waals surface area contributed by atoms with Gasteiger partial charge in [0, 0.05) is 36.6 Å². The highest BCUT2D eigenvalue weighted by atomic mass is 19.4. The van der Waals surface area contributed by atoms with Gasteiger partial charge in [0.15, 0.2) is 0 Å². The Hall–Kier alpha value is -2.84. The number of amides is 1. The largest absolute Gasteiger partial charge is 0.573 e. The van der Waals surface area contributed by atoms with E-state index in [1.54, 1.807) is 4.90 Å². The molecule has 1 aromatic carbocycles. The lowest BCUT2D eigenvalue weighted by Crippen LogP contribution is -2.56. The van der Waals surface area contributed by atoms with Gasteiger partial charge in [-0.1, -0.05) is 12.1 Å². The van der Waals surface area contributed by atoms with Crippen molar-refractivity contribution in [3.63, 3.8) is 0 Å². The molecule has 9 heteroatoms. The van der Waals surface area contributed by atoms with E-state index in [1.807, 2.05) is 19.9 Å². The molecule has 2 aliphatic heterocycles. The second-order valence-electron chi connectivity index (χ2n) is 7.50. The number of likely N-dealkylation sites (tertiary alicyclic amines) is 1. The average molecular weight is 406 g/mol. The van der Waals surface area contributed by atoms with E-state index < -0.39 is 18.0 Å². The van der Waals surface area contributed by atoms with Gasteiger partial charge in [0.2, 0.25) is 5.95 Å². The number of fused-ring (bicyclic) bond motifs is 2. The SMILES string of the molecule is Cc1cc(C)nc(N2C3CCC2CN(C(=O)c2ccccc2OC(F)(F)F)C3)n1. The van der Waals surface area contributed by atoms with Crippen LogP contribution in [0.5, 0.6) is 5.75 Å². The quantitative estimate of drug-likeness (QED) is 0.781. The number of carbonyl (C=O) groups is 1. The summed E-state index contributed by atoms with van der Waals surface area (Å²) in [7, 11) is 0. The number of aryl methyl sites for hydroxylation is 2. The third-order valence-corrected chi connectivity index (χ3v) is 5.31. The van der Waals surface area contributed by atoms with Crippen LogP contribution in [0.15, 0.2) is 30.3 Å². The van der Waals surface area contributed by atoms with Crippen molar-refractivity contribution in [1.82, 2.24) is 14.9 Å². The summed E-state index contributed by atoms with van der Waals surface area (Å²) < 4.78 is 42.1. The van der Waals surface area contributed by atoms with Gasteiger partial charge in [0.1, 0.15) is 5.75 Å². The Morgan fingerprint density at radius 2 is 1.66 bits per heavy atom. The van der Waals surface area contributed by atoms with E-state index in [2.05, 4.69) is 19.6 Å². The summed E-state index contributed by atoms with van der Waals surface area (Å²) >= 11 is 0. The lowest BCUT2D eigenvalue weighted by atomic mass is 10.1. The molecular formula is C20H21F3N4O2. The number of rotatable bonds is 3. The minimum atomic E-state index is -4.85. The first-order chi connectivity index (χ1) is 13.7. The lowest BCUT2D eigenvalue weighted by Gasteiger charge is -2.41. The monoisotopic (exact) mass is 406 g/mol. The molecular weight excluding hydrogens is 385 g/mol. The first kappa shape index (κ1) is 19.5. The average Bonchev–Trinajstić information content (AvgIpc) is 2.89. The molecule has 6 nitrogen and oxygen atoms in total. The molecule has 154 valence electrons. The van der Waals surface area contributed by atoms with Crippen molar-refractivity contribution in [2.24, 2.45) is 0 Å². The Morgan fingerprint density at radius 1 is 1.07 bits per heavy atom. The summed E-state index contributed by atoms with van der Waals surface area (Å²) in [5, 5.41) is 0. The highest BCUT2D eigenvalue weighted by molar-refractivity contribution is 5.97. The number of hydrogen-bond donors (Lipinski definition) is 0. The van der Waals surface area contributed by atoms with Crippen LogP contribution in [0.1, 0.15) is 34.6 Å². The van der Waals surface area contributed by atoms with Crippen LogP contribution in [-0.4, -0.2) is 52.3 Å². The Labute approximate surface area is 166 Å². The van der Waals surface area contributed by atoms with E-state index in [9.17, 15) is 18.0 Å². The molecule has 4 rings (SSSR count). The molecule has 2 unspecified atom stereocenters. The smallest absolute Gasteiger partial charge is 0.405 e. The van der Waals surface area contributed by atoms with Crippen molar-refractivity contribution in [1.29, 1.82) is 0 Å². The fraction of sp³-hybridized carbons (Fsp3) is 0.450. The number of piperazine rings is 1. The fourth-order valence-electron chi connectivity index (χ4n) is 4.25. The van der Waals surface area contributed by atoms with Gasteiger partial charge in [0.25, 0.3) is 5.91 Å². The number of aromatic nitrogens is 2. The zero-order valence-corrected chi connectivity index (χ0v) is 16.1. The summed E-state index contributed by atoms with van der Waals surface area (Å²) in [6.07, 6.45) is -3.09. The molecule has 0 N–H and O–H groups in total. The van der Waals surface area contributed by atoms with Gasteiger partial charge in [-0.15, -0.1) is 13.2 Å². The lowest BCUT2D eigenvalue weighted by molar-refractivity contribution is -0.274. The Morgan fingerprint density at radius 3 is 2.24 bits per heavy atom. The first-order valence-corrected chi connectivity index (χ1v) is 9.46. The molecule has 2 saturated heterocycles. The molecule has 1 aromatic heterocycles. The zero-order chi connectivity index (χ0) is 20.8. The van der Waals surface area contributed by atoms with Crippen LogP contribution in [0.4, 0.5) is 19.1 Å². The predicted molar refractivity (Wildman–Crippen MR) is 99.8 cm³/mol. The van der Waals surface area contributed by atoms with E-state index in [0.29, 0.717) is 19.0 Å². The molecule has 1 amide bonds. The highest BCUT2D eigenvalue weighted by Gasteiger charge is 2.43. The van der Waals surface area contributed by atoms with E-state index in [4.69, 9.17) is 0 Å². The van der Waals surface area contributed by atoms with Gasteiger partial charge in [-0.2, -0.15) is 0 Å². The van der Waals surface area contributed by atoms with E-state index in [0.717, 1.165) is 30.3 Å². The number of para-hydroxylation sites is 1. The molecule has 2 fully saturated rings. The molecule has 0 spiro atoms. The van der Waals surface area contributed by atoms with Crippen LogP contribution in [-0.2, 0) is 0 Å². The third-order valence-electron chi connectivity index (χ3n) is 5.31. The minimum absolute atomic E-state index is 0.0367. The maximum atomic E-state index is 13.0. The van der Waals surface area contributed by atoms with Crippen LogP contribution in [0.2, 0.25) is 0 Å². The molecule has 0 saturated carbocycles. The number of ether oxygens (including phenoxy) is 1. The molecule has 2 aliphatic rings. The van der Waals surface area contributed by atoms with E-state index >= 15 is 0 Å². The number of nitrogens with zero attached hydrogens (tertiary/aromatic N) is 4. The van der Waals surface area contributed by atoms with Crippen molar-refractivity contribution in [2.75, 3.05) is 18.0 Å². The van der Waals surface area contributed by atoms with Crippen molar-refractivity contribution in [3.05, 3.63) is 47.3 Å². The Balaban J connectivity index is 1.56. The molecule has 0 radical (unpaired) electrons. The summed E-state index contributed by atoms with van der Waals surface area (Å²) in [6.45, 7) is 4.65. The normalized spacial score (nSPS) is 21.4. The van der Waals surface area contributed by atoms with E-state index in [-0.39, 0.29) is 17.6 Å². The number of benzene rings is 1. The summed E-state index contributed by atoms with van der Waals surface area (Å²) in [6, 6.07) is 7.45. The third kappa shape index (κ3) is 3.99. The van der Waals surface area contributed by atoms with Crippen LogP contribution in [0.25, 0.3) is 0 Å². The van der Waals surface area contributed by atoms with Gasteiger partial charge in [-0.05, 0) is 44.9 Å². The number of halogens is 3. The molecule has 3 heterocycles. The second kappa shape index (κ2) is 7.20. The number of alkyl halides is 3. The molecule has 2 aromatic rings. The van der Waals surface area contributed by atoms with Gasteiger partial charge in [0.05, 0.1) is 5.56 Å². The second-order valence-corrected chi connectivity index (χ2v) is 7.50. The van der Waals surface area contributed by atoms with Crippen LogP contribution in [0, 0.1) is 13.8 Å². The maximum Gasteiger partial charge on any atom is 0.573 e. The number of carbonyl (C=O) groups excluding carboxylic acids is 1. The van der Waals surface area contributed by atoms with Gasteiger partial charge >= 0.3 is 6.36 Å². The van der Waals surface area contributed by atoms with Gasteiger partial charge < -0.3 is 14.5 Å². The molecule has 2 atom stereocenters. The number of hydrogen-bond acceptors (Lipinski definition) is 5. The molecule has 2 bridgehead atoms. The van der Waals surface area contributed by atoms with Crippen molar-refractivity contribution < 1.29 is 22.7 Å².